The third-order valence-corrected chi connectivity index (χ3v) is 4.50. The second-order valence-electron chi connectivity index (χ2n) is 5.44. The Hall–Kier alpha value is -0.580. The largest absolute Gasteiger partial charge is 0.393 e. The van der Waals surface area contributed by atoms with E-state index < -0.39 is 6.10 Å². The Labute approximate surface area is 123 Å². The van der Waals surface area contributed by atoms with E-state index in [4.69, 9.17) is 0 Å². The molecule has 0 bridgehead atoms. The minimum atomic E-state index is -0.470. The highest BCUT2D eigenvalue weighted by Gasteiger charge is 2.24. The third-order valence-electron chi connectivity index (χ3n) is 4.00. The topological polar surface area (TPSA) is 43.7 Å². The van der Waals surface area contributed by atoms with Crippen LogP contribution in [0.3, 0.4) is 0 Å². The number of anilines is 1. The number of aliphatic hydroxyl groups excluding tert-OH is 2. The van der Waals surface area contributed by atoms with E-state index in [-0.39, 0.29) is 6.10 Å². The van der Waals surface area contributed by atoms with Crippen molar-refractivity contribution < 1.29 is 10.2 Å². The van der Waals surface area contributed by atoms with Gasteiger partial charge in [0.05, 0.1) is 12.2 Å². The Morgan fingerprint density at radius 2 is 1.84 bits per heavy atom. The maximum atomic E-state index is 9.91. The molecule has 0 saturated carbocycles. The first-order valence-electron chi connectivity index (χ1n) is 6.89. The summed E-state index contributed by atoms with van der Waals surface area (Å²) < 4.78 is 0.992. The van der Waals surface area contributed by atoms with Crippen molar-refractivity contribution >= 4 is 21.6 Å². The monoisotopic (exact) mass is 327 g/mol. The molecule has 1 heterocycles. The minimum Gasteiger partial charge on any atom is -0.393 e. The molecule has 0 radical (unpaired) electrons. The number of halogens is 1. The maximum absolute atomic E-state index is 9.91. The number of aliphatic hydroxyl groups is 2. The predicted molar refractivity (Wildman–Crippen MR) is 81.4 cm³/mol. The Morgan fingerprint density at radius 1 is 1.21 bits per heavy atom. The zero-order valence-electron chi connectivity index (χ0n) is 11.5. The second kappa shape index (κ2) is 6.25. The fourth-order valence-electron chi connectivity index (χ4n) is 2.77. The van der Waals surface area contributed by atoms with Crippen molar-refractivity contribution in [1.29, 1.82) is 0 Å². The van der Waals surface area contributed by atoms with Crippen molar-refractivity contribution in [1.82, 2.24) is 0 Å². The molecule has 2 unspecified atom stereocenters. The van der Waals surface area contributed by atoms with Crippen LogP contribution in [0.15, 0.2) is 22.7 Å². The maximum Gasteiger partial charge on any atom is 0.0782 e. The van der Waals surface area contributed by atoms with Gasteiger partial charge in [0, 0.05) is 28.8 Å². The van der Waals surface area contributed by atoms with Gasteiger partial charge in [0.1, 0.15) is 0 Å². The highest BCUT2D eigenvalue weighted by molar-refractivity contribution is 9.10. The average Bonchev–Trinajstić information content (AvgIpc) is 2.38. The average molecular weight is 328 g/mol. The van der Waals surface area contributed by atoms with Gasteiger partial charge in [-0.1, -0.05) is 15.9 Å². The molecule has 1 saturated heterocycles. The lowest BCUT2D eigenvalue weighted by molar-refractivity contribution is 0.109. The Kier molecular flexibility index (Phi) is 4.87. The smallest absolute Gasteiger partial charge is 0.0782 e. The molecule has 0 spiro atoms. The van der Waals surface area contributed by atoms with Gasteiger partial charge in [0.25, 0.3) is 0 Å². The lowest BCUT2D eigenvalue weighted by Crippen LogP contribution is -2.37. The van der Waals surface area contributed by atoms with Crippen LogP contribution in [0.2, 0.25) is 0 Å². The molecule has 2 atom stereocenters. The molecule has 0 aromatic heterocycles. The standard InChI is InChI=1S/C15H22BrNO2/c1-10(18)12-5-7-17(8-6-12)15-4-3-13(16)9-14(15)11(2)19/h3-4,9-12,18-19H,5-8H2,1-2H3. The zero-order chi connectivity index (χ0) is 14.0. The SMILES string of the molecule is CC(O)c1cc(Br)ccc1N1CCC(C(C)O)CC1. The fourth-order valence-corrected chi connectivity index (χ4v) is 3.15. The molecule has 4 heteroatoms. The highest BCUT2D eigenvalue weighted by atomic mass is 79.9. The van der Waals surface area contributed by atoms with E-state index in [1.807, 2.05) is 19.1 Å². The van der Waals surface area contributed by atoms with E-state index in [1.54, 1.807) is 6.92 Å². The minimum absolute atomic E-state index is 0.219. The third kappa shape index (κ3) is 3.50. The van der Waals surface area contributed by atoms with Crippen LogP contribution >= 0.6 is 15.9 Å². The Balaban J connectivity index is 2.15. The van der Waals surface area contributed by atoms with Crippen LogP contribution in [0.25, 0.3) is 0 Å². The van der Waals surface area contributed by atoms with Gasteiger partial charge in [-0.05, 0) is 50.8 Å². The van der Waals surface area contributed by atoms with Crippen molar-refractivity contribution in [3.63, 3.8) is 0 Å². The molecule has 1 aliphatic heterocycles. The van der Waals surface area contributed by atoms with Crippen molar-refractivity contribution in [2.45, 2.75) is 38.9 Å². The Bertz CT molecular complexity index is 426. The van der Waals surface area contributed by atoms with Crippen LogP contribution in [-0.4, -0.2) is 29.4 Å². The summed E-state index contributed by atoms with van der Waals surface area (Å²) in [5, 5.41) is 19.6. The van der Waals surface area contributed by atoms with Crippen LogP contribution in [0, 0.1) is 5.92 Å². The fraction of sp³-hybridized carbons (Fsp3) is 0.600. The molecule has 19 heavy (non-hydrogen) atoms. The van der Waals surface area contributed by atoms with E-state index in [1.165, 1.54) is 0 Å². The van der Waals surface area contributed by atoms with Crippen LogP contribution < -0.4 is 4.90 Å². The van der Waals surface area contributed by atoms with Gasteiger partial charge >= 0.3 is 0 Å². The Morgan fingerprint density at radius 3 is 2.37 bits per heavy atom. The van der Waals surface area contributed by atoms with E-state index >= 15 is 0 Å². The quantitative estimate of drug-likeness (QED) is 0.896. The van der Waals surface area contributed by atoms with E-state index in [2.05, 4.69) is 26.9 Å². The number of hydrogen-bond donors (Lipinski definition) is 2. The first kappa shape index (κ1) is 14.8. The first-order valence-corrected chi connectivity index (χ1v) is 7.69. The number of benzene rings is 1. The van der Waals surface area contributed by atoms with Crippen molar-refractivity contribution in [2.24, 2.45) is 5.92 Å². The molecule has 1 aromatic carbocycles. The number of rotatable bonds is 3. The van der Waals surface area contributed by atoms with Crippen molar-refractivity contribution in [3.8, 4) is 0 Å². The van der Waals surface area contributed by atoms with E-state index in [0.29, 0.717) is 5.92 Å². The summed E-state index contributed by atoms with van der Waals surface area (Å²) in [5.74, 6) is 0.404. The van der Waals surface area contributed by atoms with Gasteiger partial charge in [-0.3, -0.25) is 0 Å². The molecule has 0 amide bonds. The predicted octanol–water partition coefficient (Wildman–Crippen LogP) is 3.10. The van der Waals surface area contributed by atoms with Gasteiger partial charge in [0.2, 0.25) is 0 Å². The number of piperidine rings is 1. The normalized spacial score (nSPS) is 20.4. The highest BCUT2D eigenvalue weighted by Crippen LogP contribution is 2.32. The van der Waals surface area contributed by atoms with Gasteiger partial charge in [-0.15, -0.1) is 0 Å². The van der Waals surface area contributed by atoms with Crippen molar-refractivity contribution in [2.75, 3.05) is 18.0 Å². The summed E-state index contributed by atoms with van der Waals surface area (Å²) in [4.78, 5) is 2.31. The van der Waals surface area contributed by atoms with Crippen molar-refractivity contribution in [3.05, 3.63) is 28.2 Å². The van der Waals surface area contributed by atoms with Crippen LogP contribution in [0.1, 0.15) is 38.4 Å². The molecule has 1 aromatic rings. The van der Waals surface area contributed by atoms with Crippen LogP contribution in [-0.2, 0) is 0 Å². The summed E-state index contributed by atoms with van der Waals surface area (Å²) in [6.45, 7) is 5.56. The summed E-state index contributed by atoms with van der Waals surface area (Å²) >= 11 is 3.45. The molecule has 1 fully saturated rings. The second-order valence-corrected chi connectivity index (χ2v) is 6.36. The zero-order valence-corrected chi connectivity index (χ0v) is 13.1. The molecular weight excluding hydrogens is 306 g/mol. The van der Waals surface area contributed by atoms with Gasteiger partial charge in [-0.25, -0.2) is 0 Å². The molecule has 1 aliphatic rings. The van der Waals surface area contributed by atoms with Crippen LogP contribution in [0.5, 0.6) is 0 Å². The first-order chi connectivity index (χ1) is 8.99. The van der Waals surface area contributed by atoms with Gasteiger partial charge in [0.15, 0.2) is 0 Å². The molecule has 2 N–H and O–H groups in total. The molecule has 0 aliphatic carbocycles. The van der Waals surface area contributed by atoms with Crippen LogP contribution in [0.4, 0.5) is 5.69 Å². The summed E-state index contributed by atoms with van der Waals surface area (Å²) in [5.41, 5.74) is 2.08. The number of hydrogen-bond acceptors (Lipinski definition) is 3. The lowest BCUT2D eigenvalue weighted by atomic mass is 9.91. The molecule has 2 rings (SSSR count). The molecule has 106 valence electrons. The van der Waals surface area contributed by atoms with E-state index in [0.717, 1.165) is 41.7 Å². The number of nitrogens with zero attached hydrogens (tertiary/aromatic N) is 1. The van der Waals surface area contributed by atoms with Gasteiger partial charge in [-0.2, -0.15) is 0 Å². The van der Waals surface area contributed by atoms with Gasteiger partial charge < -0.3 is 15.1 Å². The summed E-state index contributed by atoms with van der Waals surface area (Å²) in [6.07, 6.45) is 1.32. The lowest BCUT2D eigenvalue weighted by Gasteiger charge is -2.36. The van der Waals surface area contributed by atoms with E-state index in [9.17, 15) is 10.2 Å². The summed E-state index contributed by atoms with van der Waals surface area (Å²) in [6, 6.07) is 6.07. The molecular formula is C15H22BrNO2. The molecule has 3 nitrogen and oxygen atoms in total. The summed E-state index contributed by atoms with van der Waals surface area (Å²) in [7, 11) is 0.